The molecule has 1 aliphatic heterocycles. The van der Waals surface area contributed by atoms with Crippen LogP contribution >= 0.6 is 15.9 Å². The number of hydrogen-bond acceptors (Lipinski definition) is 3. The Kier molecular flexibility index (Phi) is 5.46. The lowest BCUT2D eigenvalue weighted by atomic mass is 10.0. The van der Waals surface area contributed by atoms with Gasteiger partial charge in [0.1, 0.15) is 0 Å². The van der Waals surface area contributed by atoms with Crippen LogP contribution in [0.25, 0.3) is 0 Å². The third-order valence-corrected chi connectivity index (χ3v) is 7.17. The highest BCUT2D eigenvalue weighted by molar-refractivity contribution is 9.10. The Morgan fingerprint density at radius 3 is 2.48 bits per heavy atom. The number of nitrogens with zero attached hydrogens (tertiary/aromatic N) is 1. The molecule has 0 saturated carbocycles. The van der Waals surface area contributed by atoms with Gasteiger partial charge in [0.05, 0.1) is 4.90 Å². The van der Waals surface area contributed by atoms with E-state index < -0.39 is 10.0 Å². The van der Waals surface area contributed by atoms with E-state index in [4.69, 9.17) is 0 Å². The van der Waals surface area contributed by atoms with Gasteiger partial charge in [-0.2, -0.15) is 4.31 Å². The zero-order chi connectivity index (χ0) is 15.6. The lowest BCUT2D eigenvalue weighted by Gasteiger charge is -2.37. The van der Waals surface area contributed by atoms with Gasteiger partial charge in [-0.05, 0) is 67.4 Å². The van der Waals surface area contributed by atoms with Crippen molar-refractivity contribution >= 4 is 26.0 Å². The van der Waals surface area contributed by atoms with Crippen molar-refractivity contribution < 1.29 is 8.42 Å². The minimum atomic E-state index is -3.47. The fourth-order valence-electron chi connectivity index (χ4n) is 3.04. The zero-order valence-corrected chi connectivity index (χ0v) is 15.2. The Morgan fingerprint density at radius 2 is 1.90 bits per heavy atom. The number of nitrogens with one attached hydrogen (secondary N) is 1. The molecule has 2 atom stereocenters. The maximum Gasteiger partial charge on any atom is 0.244 e. The molecule has 0 aromatic heterocycles. The summed E-state index contributed by atoms with van der Waals surface area (Å²) in [6, 6.07) is 5.63. The molecule has 0 aliphatic carbocycles. The molecule has 2 rings (SSSR count). The number of rotatable bonds is 4. The quantitative estimate of drug-likeness (QED) is 0.880. The van der Waals surface area contributed by atoms with Crippen molar-refractivity contribution in [3.05, 3.63) is 28.2 Å². The number of halogens is 1. The summed E-state index contributed by atoms with van der Waals surface area (Å²) in [7, 11) is -1.62. The van der Waals surface area contributed by atoms with E-state index in [0.29, 0.717) is 15.9 Å². The van der Waals surface area contributed by atoms with E-state index in [1.165, 1.54) is 0 Å². The van der Waals surface area contributed by atoms with E-state index >= 15 is 0 Å². The Balaban J connectivity index is 2.45. The van der Waals surface area contributed by atoms with E-state index in [9.17, 15) is 8.42 Å². The first-order valence-electron chi connectivity index (χ1n) is 7.34. The van der Waals surface area contributed by atoms with Crippen LogP contribution in [0.5, 0.6) is 0 Å². The second kappa shape index (κ2) is 6.77. The molecule has 21 heavy (non-hydrogen) atoms. The van der Waals surface area contributed by atoms with Crippen LogP contribution in [-0.2, 0) is 16.6 Å². The van der Waals surface area contributed by atoms with Gasteiger partial charge in [0, 0.05) is 23.1 Å². The van der Waals surface area contributed by atoms with Gasteiger partial charge in [-0.1, -0.05) is 12.5 Å². The lowest BCUT2D eigenvalue weighted by Crippen LogP contribution is -2.47. The Morgan fingerprint density at radius 1 is 1.29 bits per heavy atom. The summed E-state index contributed by atoms with van der Waals surface area (Å²) in [5.74, 6) is 0. The minimum absolute atomic E-state index is 0.0543. The monoisotopic (exact) mass is 374 g/mol. The van der Waals surface area contributed by atoms with Crippen LogP contribution in [0, 0.1) is 0 Å². The van der Waals surface area contributed by atoms with E-state index in [-0.39, 0.29) is 12.1 Å². The summed E-state index contributed by atoms with van der Waals surface area (Å²) < 4.78 is 28.4. The average molecular weight is 375 g/mol. The second-order valence-corrected chi connectivity index (χ2v) is 8.42. The molecular weight excluding hydrogens is 352 g/mol. The summed E-state index contributed by atoms with van der Waals surface area (Å²) in [6.45, 7) is 4.65. The van der Waals surface area contributed by atoms with E-state index in [2.05, 4.69) is 21.2 Å². The fourth-order valence-corrected chi connectivity index (χ4v) is 5.91. The van der Waals surface area contributed by atoms with Crippen molar-refractivity contribution in [2.24, 2.45) is 0 Å². The molecule has 1 heterocycles. The molecule has 0 radical (unpaired) electrons. The number of benzene rings is 1. The first kappa shape index (κ1) is 16.9. The maximum absolute atomic E-state index is 13.1. The van der Waals surface area contributed by atoms with Crippen molar-refractivity contribution in [1.82, 2.24) is 9.62 Å². The summed E-state index contributed by atoms with van der Waals surface area (Å²) in [5, 5.41) is 3.06. The molecule has 2 unspecified atom stereocenters. The maximum atomic E-state index is 13.1. The molecule has 0 spiro atoms. The van der Waals surface area contributed by atoms with Crippen LogP contribution in [0.1, 0.15) is 38.7 Å². The van der Waals surface area contributed by atoms with Gasteiger partial charge in [-0.25, -0.2) is 8.42 Å². The normalized spacial score (nSPS) is 24.2. The highest BCUT2D eigenvalue weighted by Gasteiger charge is 2.36. The minimum Gasteiger partial charge on any atom is -0.316 e. The summed E-state index contributed by atoms with van der Waals surface area (Å²) in [6.07, 6.45) is 2.95. The van der Waals surface area contributed by atoms with Gasteiger partial charge >= 0.3 is 0 Å². The standard InChI is InChI=1S/C15H23BrN2O2S/c1-11-5-4-6-12(2)18(11)21(19,20)15-9-13(10-17-3)7-8-14(15)16/h7-9,11-12,17H,4-6,10H2,1-3H3. The molecule has 1 saturated heterocycles. The molecule has 4 nitrogen and oxygen atoms in total. The molecule has 118 valence electrons. The van der Waals surface area contributed by atoms with Crippen molar-refractivity contribution in [2.75, 3.05) is 7.05 Å². The first-order chi connectivity index (χ1) is 9.87. The predicted molar refractivity (Wildman–Crippen MR) is 88.7 cm³/mol. The van der Waals surface area contributed by atoms with Gasteiger partial charge in [0.15, 0.2) is 0 Å². The Labute approximate surface area is 136 Å². The van der Waals surface area contributed by atoms with Crippen molar-refractivity contribution in [1.29, 1.82) is 0 Å². The molecule has 1 aromatic rings. The largest absolute Gasteiger partial charge is 0.316 e. The van der Waals surface area contributed by atoms with E-state index in [1.807, 2.05) is 33.0 Å². The third kappa shape index (κ3) is 3.50. The predicted octanol–water partition coefficient (Wildman–Crippen LogP) is 3.12. The van der Waals surface area contributed by atoms with E-state index in [1.54, 1.807) is 10.4 Å². The smallest absolute Gasteiger partial charge is 0.244 e. The van der Waals surface area contributed by atoms with Crippen LogP contribution in [-0.4, -0.2) is 31.9 Å². The number of piperidine rings is 1. The fraction of sp³-hybridized carbons (Fsp3) is 0.600. The van der Waals surface area contributed by atoms with Gasteiger partial charge in [-0.3, -0.25) is 0 Å². The molecule has 1 aromatic carbocycles. The van der Waals surface area contributed by atoms with Gasteiger partial charge in [0.2, 0.25) is 10.0 Å². The molecule has 6 heteroatoms. The molecule has 1 aliphatic rings. The summed E-state index contributed by atoms with van der Waals surface area (Å²) >= 11 is 3.40. The van der Waals surface area contributed by atoms with Crippen LogP contribution in [0.15, 0.2) is 27.6 Å². The van der Waals surface area contributed by atoms with Crippen molar-refractivity contribution in [3.8, 4) is 0 Å². The van der Waals surface area contributed by atoms with Gasteiger partial charge < -0.3 is 5.32 Å². The molecule has 1 N–H and O–H groups in total. The molecule has 1 fully saturated rings. The van der Waals surface area contributed by atoms with Crippen LogP contribution in [0.2, 0.25) is 0 Å². The van der Waals surface area contributed by atoms with E-state index in [0.717, 1.165) is 24.8 Å². The third-order valence-electron chi connectivity index (χ3n) is 4.04. The first-order valence-corrected chi connectivity index (χ1v) is 9.57. The Hall–Kier alpha value is -0.430. The SMILES string of the molecule is CNCc1ccc(Br)c(S(=O)(=O)N2C(C)CCCC2C)c1. The molecule has 0 amide bonds. The van der Waals surface area contributed by atoms with Crippen molar-refractivity contribution in [2.45, 2.75) is 56.6 Å². The second-order valence-electron chi connectivity index (χ2n) is 5.76. The highest BCUT2D eigenvalue weighted by Crippen LogP contribution is 2.33. The average Bonchev–Trinajstić information content (AvgIpc) is 2.40. The summed E-state index contributed by atoms with van der Waals surface area (Å²) in [5.41, 5.74) is 0.969. The van der Waals surface area contributed by atoms with Crippen LogP contribution in [0.3, 0.4) is 0 Å². The molecular formula is C15H23BrN2O2S. The van der Waals surface area contributed by atoms with Crippen molar-refractivity contribution in [3.63, 3.8) is 0 Å². The van der Waals surface area contributed by atoms with Crippen LogP contribution in [0.4, 0.5) is 0 Å². The van der Waals surface area contributed by atoms with Crippen LogP contribution < -0.4 is 5.32 Å². The van der Waals surface area contributed by atoms with Gasteiger partial charge in [0.25, 0.3) is 0 Å². The zero-order valence-electron chi connectivity index (χ0n) is 12.8. The summed E-state index contributed by atoms with van der Waals surface area (Å²) in [4.78, 5) is 0.371. The topological polar surface area (TPSA) is 49.4 Å². The number of hydrogen-bond donors (Lipinski definition) is 1. The molecule has 0 bridgehead atoms. The number of sulfonamides is 1. The van der Waals surface area contributed by atoms with Gasteiger partial charge in [-0.15, -0.1) is 0 Å². The highest BCUT2D eigenvalue weighted by atomic mass is 79.9. The lowest BCUT2D eigenvalue weighted by molar-refractivity contribution is 0.204. The Bertz CT molecular complexity index is 594.